The summed E-state index contributed by atoms with van der Waals surface area (Å²) >= 11 is 7.32. The maximum Gasteiger partial charge on any atom is 0.311 e. The van der Waals surface area contributed by atoms with Crippen LogP contribution in [0.4, 0.5) is 5.69 Å². The first-order valence-electron chi connectivity index (χ1n) is 6.05. The predicted molar refractivity (Wildman–Crippen MR) is 81.7 cm³/mol. The molecule has 0 aliphatic heterocycles. The summed E-state index contributed by atoms with van der Waals surface area (Å²) in [5.74, 6) is -0.225. The zero-order valence-corrected chi connectivity index (χ0v) is 13.0. The Morgan fingerprint density at radius 2 is 2.10 bits per heavy atom. The molecule has 1 aromatic carbocycles. The number of ether oxygens (including phenoxy) is 1. The number of nitro groups is 1. The van der Waals surface area contributed by atoms with Gasteiger partial charge in [-0.1, -0.05) is 11.6 Å². The minimum Gasteiger partial charge on any atom is -0.478 e. The van der Waals surface area contributed by atoms with Crippen molar-refractivity contribution in [1.29, 1.82) is 0 Å². The number of hydrogen-bond donors (Lipinski definition) is 0. The van der Waals surface area contributed by atoms with E-state index in [9.17, 15) is 14.9 Å². The number of rotatable bonds is 5. The molecule has 7 heteroatoms. The Morgan fingerprint density at radius 1 is 1.38 bits per heavy atom. The fourth-order valence-corrected chi connectivity index (χ4v) is 2.99. The van der Waals surface area contributed by atoms with Crippen LogP contribution in [0.15, 0.2) is 24.3 Å². The number of nitro benzene ring substituents is 1. The Balaban J connectivity index is 2.16. The molecule has 0 aliphatic rings. The quantitative estimate of drug-likeness (QED) is 0.469. The first-order chi connectivity index (χ1) is 9.88. The molecule has 0 saturated carbocycles. The molecule has 21 heavy (non-hydrogen) atoms. The zero-order valence-electron chi connectivity index (χ0n) is 11.4. The Hall–Kier alpha value is -1.92. The monoisotopic (exact) mass is 325 g/mol. The molecule has 2 aromatic rings. The van der Waals surface area contributed by atoms with Crippen LogP contribution in [0.25, 0.3) is 0 Å². The third kappa shape index (κ3) is 3.59. The van der Waals surface area contributed by atoms with Crippen LogP contribution in [0.5, 0.6) is 5.75 Å². The summed E-state index contributed by atoms with van der Waals surface area (Å²) in [7, 11) is 0. The van der Waals surface area contributed by atoms with E-state index in [0.29, 0.717) is 10.6 Å². The van der Waals surface area contributed by atoms with Crippen molar-refractivity contribution < 1.29 is 14.5 Å². The number of carbonyl (C=O) groups is 1. The summed E-state index contributed by atoms with van der Waals surface area (Å²) in [6, 6.07) is 5.78. The lowest BCUT2D eigenvalue weighted by Gasteiger charge is -2.06. The van der Waals surface area contributed by atoms with E-state index in [2.05, 4.69) is 0 Å². The highest BCUT2D eigenvalue weighted by Crippen LogP contribution is 2.30. The highest BCUT2D eigenvalue weighted by molar-refractivity contribution is 7.12. The summed E-state index contributed by atoms with van der Waals surface area (Å²) in [6.07, 6.45) is 0. The predicted octanol–water partition coefficient (Wildman–Crippen LogP) is 4.19. The van der Waals surface area contributed by atoms with Crippen LogP contribution in [-0.4, -0.2) is 17.3 Å². The number of aryl methyl sites for hydroxylation is 2. The van der Waals surface area contributed by atoms with Gasteiger partial charge in [0.2, 0.25) is 5.78 Å². The minimum absolute atomic E-state index is 0.00884. The van der Waals surface area contributed by atoms with E-state index in [4.69, 9.17) is 16.3 Å². The van der Waals surface area contributed by atoms with Crippen molar-refractivity contribution in [2.45, 2.75) is 13.8 Å². The van der Waals surface area contributed by atoms with Crippen molar-refractivity contribution >= 4 is 34.4 Å². The first-order valence-corrected chi connectivity index (χ1v) is 7.25. The van der Waals surface area contributed by atoms with E-state index < -0.39 is 4.92 Å². The van der Waals surface area contributed by atoms with Gasteiger partial charge >= 0.3 is 5.69 Å². The van der Waals surface area contributed by atoms with Gasteiger partial charge in [-0.25, -0.2) is 0 Å². The molecule has 0 saturated heterocycles. The number of carbonyl (C=O) groups excluding carboxylic acids is 1. The van der Waals surface area contributed by atoms with Crippen LogP contribution in [0.1, 0.15) is 20.1 Å². The highest BCUT2D eigenvalue weighted by atomic mass is 35.5. The van der Waals surface area contributed by atoms with Gasteiger partial charge in [-0.15, -0.1) is 11.3 Å². The number of nitrogens with zero attached hydrogens (tertiary/aromatic N) is 1. The van der Waals surface area contributed by atoms with Gasteiger partial charge in [0, 0.05) is 32.5 Å². The van der Waals surface area contributed by atoms with Crippen LogP contribution in [0, 0.1) is 24.0 Å². The molecular formula is C14H12ClNO4S. The van der Waals surface area contributed by atoms with Gasteiger partial charge in [-0.05, 0) is 26.0 Å². The van der Waals surface area contributed by atoms with Gasteiger partial charge in [0.25, 0.3) is 0 Å². The zero-order chi connectivity index (χ0) is 15.6. The van der Waals surface area contributed by atoms with Crippen molar-refractivity contribution in [3.8, 4) is 5.75 Å². The maximum atomic E-state index is 12.1. The molecule has 0 radical (unpaired) electrons. The summed E-state index contributed by atoms with van der Waals surface area (Å²) < 4.78 is 5.29. The maximum absolute atomic E-state index is 12.1. The topological polar surface area (TPSA) is 69.4 Å². The van der Waals surface area contributed by atoms with Crippen molar-refractivity contribution in [1.82, 2.24) is 0 Å². The molecular weight excluding hydrogens is 314 g/mol. The molecule has 1 heterocycles. The van der Waals surface area contributed by atoms with E-state index in [1.807, 2.05) is 13.8 Å². The summed E-state index contributed by atoms with van der Waals surface area (Å²) in [5.41, 5.74) is 0.368. The Kier molecular flexibility index (Phi) is 4.59. The lowest BCUT2D eigenvalue weighted by Crippen LogP contribution is -2.12. The van der Waals surface area contributed by atoms with Crippen LogP contribution in [0.2, 0.25) is 5.02 Å². The van der Waals surface area contributed by atoms with Gasteiger partial charge in [0.05, 0.1) is 4.92 Å². The summed E-state index contributed by atoms with van der Waals surface area (Å²) in [6.45, 7) is 3.50. The Morgan fingerprint density at radius 3 is 2.67 bits per heavy atom. The number of Topliss-reactive ketones (excluding diaryl/α,β-unsaturated/α-hetero) is 1. The molecule has 2 rings (SSSR count). The fourth-order valence-electron chi connectivity index (χ4n) is 1.88. The molecule has 0 unspecified atom stereocenters. The normalized spacial score (nSPS) is 10.4. The third-order valence-electron chi connectivity index (χ3n) is 2.82. The molecule has 0 amide bonds. The van der Waals surface area contributed by atoms with Crippen LogP contribution in [0.3, 0.4) is 0 Å². The molecule has 0 atom stereocenters. The second kappa shape index (κ2) is 6.24. The smallest absolute Gasteiger partial charge is 0.311 e. The molecule has 0 fully saturated rings. The average Bonchev–Trinajstić information content (AvgIpc) is 2.74. The van der Waals surface area contributed by atoms with Crippen LogP contribution >= 0.6 is 22.9 Å². The standard InChI is InChI=1S/C14H12ClNO4S/c1-8-5-11(9(2)21-8)13(17)7-20-14-6-10(15)3-4-12(14)16(18)19/h3-6H,7H2,1-2H3. The van der Waals surface area contributed by atoms with Crippen molar-refractivity contribution in [3.63, 3.8) is 0 Å². The minimum atomic E-state index is -0.573. The van der Waals surface area contributed by atoms with E-state index in [-0.39, 0.29) is 23.8 Å². The molecule has 0 bridgehead atoms. The molecule has 0 spiro atoms. The number of thiophene rings is 1. The summed E-state index contributed by atoms with van der Waals surface area (Å²) in [5, 5.41) is 11.2. The van der Waals surface area contributed by atoms with E-state index in [1.165, 1.54) is 29.5 Å². The van der Waals surface area contributed by atoms with Crippen molar-refractivity contribution in [3.05, 3.63) is 54.7 Å². The van der Waals surface area contributed by atoms with Gasteiger partial charge in [0.1, 0.15) is 0 Å². The van der Waals surface area contributed by atoms with Gasteiger partial charge < -0.3 is 4.74 Å². The Labute approximate surface area is 130 Å². The molecule has 1 aromatic heterocycles. The van der Waals surface area contributed by atoms with Gasteiger partial charge in [-0.3, -0.25) is 14.9 Å². The van der Waals surface area contributed by atoms with Crippen LogP contribution in [-0.2, 0) is 0 Å². The third-order valence-corrected chi connectivity index (χ3v) is 4.02. The lowest BCUT2D eigenvalue weighted by atomic mass is 10.2. The van der Waals surface area contributed by atoms with E-state index in [0.717, 1.165) is 9.75 Å². The van der Waals surface area contributed by atoms with Gasteiger partial charge in [-0.2, -0.15) is 0 Å². The SMILES string of the molecule is Cc1cc(C(=O)COc2cc(Cl)ccc2[N+](=O)[O-])c(C)s1. The lowest BCUT2D eigenvalue weighted by molar-refractivity contribution is -0.385. The average molecular weight is 326 g/mol. The van der Waals surface area contributed by atoms with Crippen molar-refractivity contribution in [2.75, 3.05) is 6.61 Å². The molecule has 0 N–H and O–H groups in total. The Bertz CT molecular complexity index is 711. The fraction of sp³-hybridized carbons (Fsp3) is 0.214. The van der Waals surface area contributed by atoms with E-state index in [1.54, 1.807) is 6.07 Å². The highest BCUT2D eigenvalue weighted by Gasteiger charge is 2.18. The number of hydrogen-bond acceptors (Lipinski definition) is 5. The summed E-state index contributed by atoms with van der Waals surface area (Å²) in [4.78, 5) is 24.4. The molecule has 0 aliphatic carbocycles. The van der Waals surface area contributed by atoms with Gasteiger partial charge in [0.15, 0.2) is 12.4 Å². The van der Waals surface area contributed by atoms with Crippen LogP contribution < -0.4 is 4.74 Å². The second-order valence-corrected chi connectivity index (χ2v) is 6.30. The first kappa shape index (κ1) is 15.5. The number of halogens is 1. The molecule has 5 nitrogen and oxygen atoms in total. The largest absolute Gasteiger partial charge is 0.478 e. The van der Waals surface area contributed by atoms with E-state index >= 15 is 0 Å². The van der Waals surface area contributed by atoms with Crippen molar-refractivity contribution in [2.24, 2.45) is 0 Å². The molecule has 110 valence electrons. The second-order valence-electron chi connectivity index (χ2n) is 4.41. The number of ketones is 1. The number of benzene rings is 1.